The molecular formula is C7H14N2O. The van der Waals surface area contributed by atoms with Gasteiger partial charge in [0.05, 0.1) is 5.92 Å². The molecular weight excluding hydrogens is 128 g/mol. The van der Waals surface area contributed by atoms with E-state index in [0.29, 0.717) is 5.92 Å². The summed E-state index contributed by atoms with van der Waals surface area (Å²) in [5.74, 6) is 0.340. The quantitative estimate of drug-likeness (QED) is 0.529. The maximum atomic E-state index is 10.7. The molecule has 58 valence electrons. The second-order valence-electron chi connectivity index (χ2n) is 2.98. The number of carbonyl (C=O) groups excluding carboxylic acids is 1. The number of nitrogens with one attached hydrogen (secondary N) is 1. The zero-order valence-electron chi connectivity index (χ0n) is 6.26. The van der Waals surface area contributed by atoms with Crippen molar-refractivity contribution in [2.24, 2.45) is 17.6 Å². The van der Waals surface area contributed by atoms with Crippen molar-refractivity contribution in [2.45, 2.75) is 13.3 Å². The first-order chi connectivity index (χ1) is 4.72. The maximum absolute atomic E-state index is 10.7. The minimum atomic E-state index is -0.167. The van der Waals surface area contributed by atoms with Crippen LogP contribution in [0.25, 0.3) is 0 Å². The van der Waals surface area contributed by atoms with Gasteiger partial charge in [-0.2, -0.15) is 0 Å². The number of primary amides is 1. The smallest absolute Gasteiger partial charge is 0.222 e. The molecule has 1 aliphatic heterocycles. The van der Waals surface area contributed by atoms with Crippen LogP contribution in [-0.4, -0.2) is 19.0 Å². The van der Waals surface area contributed by atoms with Gasteiger partial charge in [0.25, 0.3) is 0 Å². The van der Waals surface area contributed by atoms with Gasteiger partial charge >= 0.3 is 0 Å². The molecule has 1 saturated heterocycles. The molecule has 3 nitrogen and oxygen atoms in total. The van der Waals surface area contributed by atoms with Crippen LogP contribution in [0, 0.1) is 11.8 Å². The first kappa shape index (κ1) is 7.54. The van der Waals surface area contributed by atoms with Gasteiger partial charge in [-0.25, -0.2) is 0 Å². The van der Waals surface area contributed by atoms with E-state index in [0.717, 1.165) is 19.5 Å². The van der Waals surface area contributed by atoms with Gasteiger partial charge in [-0.3, -0.25) is 4.79 Å². The van der Waals surface area contributed by atoms with Crippen LogP contribution in [0.5, 0.6) is 0 Å². The van der Waals surface area contributed by atoms with Crippen LogP contribution in [0.1, 0.15) is 13.3 Å². The molecule has 2 atom stereocenters. The Morgan fingerprint density at radius 3 is 2.80 bits per heavy atom. The summed E-state index contributed by atoms with van der Waals surface area (Å²) in [4.78, 5) is 10.7. The van der Waals surface area contributed by atoms with Crippen molar-refractivity contribution < 1.29 is 4.79 Å². The Bertz CT molecular complexity index is 136. The first-order valence-electron chi connectivity index (χ1n) is 3.72. The van der Waals surface area contributed by atoms with Crippen LogP contribution < -0.4 is 11.1 Å². The summed E-state index contributed by atoms with van der Waals surface area (Å²) in [7, 11) is 0. The Morgan fingerprint density at radius 2 is 2.40 bits per heavy atom. The van der Waals surface area contributed by atoms with E-state index in [1.165, 1.54) is 0 Å². The molecule has 0 aromatic rings. The van der Waals surface area contributed by atoms with Crippen LogP contribution in [0.4, 0.5) is 0 Å². The van der Waals surface area contributed by atoms with E-state index in [1.807, 2.05) is 0 Å². The highest BCUT2D eigenvalue weighted by atomic mass is 16.1. The van der Waals surface area contributed by atoms with E-state index in [1.54, 1.807) is 0 Å². The molecule has 0 radical (unpaired) electrons. The van der Waals surface area contributed by atoms with Crippen molar-refractivity contribution in [3.8, 4) is 0 Å². The number of rotatable bonds is 1. The Kier molecular flexibility index (Phi) is 2.27. The number of hydrogen-bond acceptors (Lipinski definition) is 2. The Labute approximate surface area is 61.0 Å². The van der Waals surface area contributed by atoms with E-state index in [4.69, 9.17) is 5.73 Å². The minimum absolute atomic E-state index is 0.0498. The molecule has 0 bridgehead atoms. The molecule has 3 heteroatoms. The Balaban J connectivity index is 2.47. The van der Waals surface area contributed by atoms with E-state index in [-0.39, 0.29) is 11.8 Å². The zero-order chi connectivity index (χ0) is 7.56. The minimum Gasteiger partial charge on any atom is -0.369 e. The van der Waals surface area contributed by atoms with Gasteiger partial charge in [0, 0.05) is 6.54 Å². The number of piperidine rings is 1. The highest BCUT2D eigenvalue weighted by Gasteiger charge is 2.25. The molecule has 1 amide bonds. The predicted octanol–water partition coefficient (Wildman–Crippen LogP) is -0.283. The van der Waals surface area contributed by atoms with E-state index in [2.05, 4.69) is 12.2 Å². The summed E-state index contributed by atoms with van der Waals surface area (Å²) < 4.78 is 0. The van der Waals surface area contributed by atoms with Crippen molar-refractivity contribution >= 4 is 5.91 Å². The molecule has 3 N–H and O–H groups in total. The van der Waals surface area contributed by atoms with Crippen molar-refractivity contribution in [3.63, 3.8) is 0 Å². The number of carbonyl (C=O) groups is 1. The topological polar surface area (TPSA) is 55.1 Å². The Morgan fingerprint density at radius 1 is 1.70 bits per heavy atom. The molecule has 2 unspecified atom stereocenters. The van der Waals surface area contributed by atoms with E-state index >= 15 is 0 Å². The van der Waals surface area contributed by atoms with E-state index in [9.17, 15) is 4.79 Å². The number of nitrogens with two attached hydrogens (primary N) is 1. The zero-order valence-corrected chi connectivity index (χ0v) is 6.26. The number of hydrogen-bond donors (Lipinski definition) is 2. The van der Waals surface area contributed by atoms with Crippen LogP contribution in [0.3, 0.4) is 0 Å². The highest BCUT2D eigenvalue weighted by molar-refractivity contribution is 5.77. The normalized spacial score (nSPS) is 33.7. The molecule has 1 rings (SSSR count). The summed E-state index contributed by atoms with van der Waals surface area (Å²) in [5, 5.41) is 3.15. The van der Waals surface area contributed by atoms with Crippen LogP contribution in [0.15, 0.2) is 0 Å². The van der Waals surface area contributed by atoms with Crippen molar-refractivity contribution in [1.82, 2.24) is 5.32 Å². The van der Waals surface area contributed by atoms with Crippen LogP contribution in [0.2, 0.25) is 0 Å². The lowest BCUT2D eigenvalue weighted by atomic mass is 9.88. The average Bonchev–Trinajstić information content (AvgIpc) is 1.88. The molecule has 0 aromatic heterocycles. The molecule has 0 aromatic carbocycles. The lowest BCUT2D eigenvalue weighted by Crippen LogP contribution is -2.42. The van der Waals surface area contributed by atoms with E-state index < -0.39 is 0 Å². The lowest BCUT2D eigenvalue weighted by molar-refractivity contribution is -0.123. The fraction of sp³-hybridized carbons (Fsp3) is 0.857. The third-order valence-corrected chi connectivity index (χ3v) is 2.19. The summed E-state index contributed by atoms with van der Waals surface area (Å²) in [6.07, 6.45) is 1.06. The molecule has 1 heterocycles. The second kappa shape index (κ2) is 3.01. The lowest BCUT2D eigenvalue weighted by Gasteiger charge is -2.26. The van der Waals surface area contributed by atoms with Crippen LogP contribution in [-0.2, 0) is 4.79 Å². The second-order valence-corrected chi connectivity index (χ2v) is 2.98. The fourth-order valence-electron chi connectivity index (χ4n) is 1.37. The maximum Gasteiger partial charge on any atom is 0.222 e. The molecule has 0 aliphatic carbocycles. The van der Waals surface area contributed by atoms with Gasteiger partial charge in [-0.1, -0.05) is 6.92 Å². The van der Waals surface area contributed by atoms with Gasteiger partial charge in [0.2, 0.25) is 5.91 Å². The summed E-state index contributed by atoms with van der Waals surface area (Å²) in [6.45, 7) is 3.86. The predicted molar refractivity (Wildman–Crippen MR) is 39.3 cm³/mol. The fourth-order valence-corrected chi connectivity index (χ4v) is 1.37. The molecule has 1 fully saturated rings. The Hall–Kier alpha value is -0.570. The van der Waals surface area contributed by atoms with Gasteiger partial charge in [0.1, 0.15) is 0 Å². The van der Waals surface area contributed by atoms with Crippen molar-refractivity contribution in [1.29, 1.82) is 0 Å². The molecule has 0 spiro atoms. The molecule has 10 heavy (non-hydrogen) atoms. The van der Waals surface area contributed by atoms with Crippen LogP contribution >= 0.6 is 0 Å². The third kappa shape index (κ3) is 1.48. The van der Waals surface area contributed by atoms with Gasteiger partial charge in [0.15, 0.2) is 0 Å². The monoisotopic (exact) mass is 142 g/mol. The highest BCUT2D eigenvalue weighted by Crippen LogP contribution is 2.17. The third-order valence-electron chi connectivity index (χ3n) is 2.19. The van der Waals surface area contributed by atoms with Crippen molar-refractivity contribution in [3.05, 3.63) is 0 Å². The van der Waals surface area contributed by atoms with Gasteiger partial charge in [-0.05, 0) is 18.9 Å². The van der Waals surface area contributed by atoms with Crippen molar-refractivity contribution in [2.75, 3.05) is 13.1 Å². The average molecular weight is 142 g/mol. The molecule has 0 saturated carbocycles. The van der Waals surface area contributed by atoms with Gasteiger partial charge < -0.3 is 11.1 Å². The summed E-state index contributed by atoms with van der Waals surface area (Å²) in [6, 6.07) is 0. The number of amides is 1. The van der Waals surface area contributed by atoms with Gasteiger partial charge in [-0.15, -0.1) is 0 Å². The summed E-state index contributed by atoms with van der Waals surface area (Å²) >= 11 is 0. The molecule has 1 aliphatic rings. The largest absolute Gasteiger partial charge is 0.369 e. The summed E-state index contributed by atoms with van der Waals surface area (Å²) in [5.41, 5.74) is 5.18. The SMILES string of the molecule is CC1CCNCC1C(N)=O. The standard InChI is InChI=1S/C7H14N2O/c1-5-2-3-9-4-6(5)7(8)10/h5-6,9H,2-4H2,1H3,(H2,8,10). The first-order valence-corrected chi connectivity index (χ1v) is 3.72.